The van der Waals surface area contributed by atoms with E-state index in [1.54, 1.807) is 48.5 Å². The van der Waals surface area contributed by atoms with Crippen molar-refractivity contribution in [1.29, 1.82) is 0 Å². The maximum Gasteiger partial charge on any atom is 0.301 e. The van der Waals surface area contributed by atoms with Crippen molar-refractivity contribution < 1.29 is 19.4 Å². The molecule has 10 heteroatoms. The number of Topliss-reactive ketones (excluding diaryl/α,β-unsaturated/α-hetero) is 1. The van der Waals surface area contributed by atoms with Crippen LogP contribution in [0.1, 0.15) is 48.1 Å². The summed E-state index contributed by atoms with van der Waals surface area (Å²) in [7, 11) is 0. The lowest BCUT2D eigenvalue weighted by atomic mass is 9.95. The summed E-state index contributed by atoms with van der Waals surface area (Å²) in [5.41, 5.74) is 3.25. The first-order chi connectivity index (χ1) is 19.9. The third kappa shape index (κ3) is 6.48. The number of aryl methyl sites for hydroxylation is 1. The zero-order valence-corrected chi connectivity index (χ0v) is 24.9. The van der Waals surface area contributed by atoms with Crippen LogP contribution in [0.3, 0.4) is 0 Å². The van der Waals surface area contributed by atoms with E-state index in [2.05, 4.69) is 41.4 Å². The summed E-state index contributed by atoms with van der Waals surface area (Å²) in [5, 5.41) is 20.6. The van der Waals surface area contributed by atoms with Gasteiger partial charge in [-0.25, -0.2) is 0 Å². The number of unbranched alkanes of at least 4 members (excludes halogenated alkanes) is 1. The highest BCUT2D eigenvalue weighted by Gasteiger charge is 2.48. The second-order valence-electron chi connectivity index (χ2n) is 9.58. The van der Waals surface area contributed by atoms with Crippen molar-refractivity contribution in [3.63, 3.8) is 0 Å². The SMILES string of the molecule is CCCCOc1ccc(/C(O)=C2\C(=O)C(=O)N(c3nnc(SCc4ccc(C)cc4)s3)C2c2cccc(Cl)c2)cc1. The van der Waals surface area contributed by atoms with Gasteiger partial charge >= 0.3 is 5.91 Å². The molecular weight excluding hydrogens is 578 g/mol. The van der Waals surface area contributed by atoms with Gasteiger partial charge in [0, 0.05) is 16.3 Å². The van der Waals surface area contributed by atoms with E-state index in [0.29, 0.717) is 38.6 Å². The molecule has 1 unspecified atom stereocenters. The Hall–Kier alpha value is -3.66. The van der Waals surface area contributed by atoms with Crippen LogP contribution < -0.4 is 9.64 Å². The Bertz CT molecular complexity index is 1590. The van der Waals surface area contributed by atoms with Gasteiger partial charge in [-0.05, 0) is 60.9 Å². The van der Waals surface area contributed by atoms with Crippen molar-refractivity contribution in [2.45, 2.75) is 42.8 Å². The zero-order valence-electron chi connectivity index (χ0n) is 22.5. The molecule has 1 amide bonds. The third-order valence-electron chi connectivity index (χ3n) is 6.59. The van der Waals surface area contributed by atoms with E-state index in [1.165, 1.54) is 33.6 Å². The molecule has 0 bridgehead atoms. The average molecular weight is 606 g/mol. The fourth-order valence-corrected chi connectivity index (χ4v) is 6.43. The minimum Gasteiger partial charge on any atom is -0.507 e. The van der Waals surface area contributed by atoms with Crippen molar-refractivity contribution in [3.8, 4) is 5.75 Å². The maximum atomic E-state index is 13.5. The average Bonchev–Trinajstić information content (AvgIpc) is 3.55. The quantitative estimate of drug-likeness (QED) is 0.0497. The second kappa shape index (κ2) is 12.9. The number of thioether (sulfide) groups is 1. The molecular formula is C31H28ClN3O4S2. The van der Waals surface area contributed by atoms with Crippen LogP contribution >= 0.6 is 34.7 Å². The van der Waals surface area contributed by atoms with Crippen LogP contribution in [0.5, 0.6) is 5.75 Å². The number of aliphatic hydroxyl groups excluding tert-OH is 1. The van der Waals surface area contributed by atoms with Crippen LogP contribution in [-0.2, 0) is 15.3 Å². The molecule has 210 valence electrons. The molecule has 1 atom stereocenters. The summed E-state index contributed by atoms with van der Waals surface area (Å²) in [6, 6.07) is 21.0. The third-order valence-corrected chi connectivity index (χ3v) is 8.95. The summed E-state index contributed by atoms with van der Waals surface area (Å²) in [4.78, 5) is 28.2. The monoisotopic (exact) mass is 605 g/mol. The number of aromatic nitrogens is 2. The van der Waals surface area contributed by atoms with Crippen molar-refractivity contribution in [2.24, 2.45) is 0 Å². The first kappa shape index (κ1) is 28.9. The van der Waals surface area contributed by atoms with Gasteiger partial charge in [0.05, 0.1) is 18.2 Å². The number of ether oxygens (including phenoxy) is 1. The van der Waals surface area contributed by atoms with E-state index < -0.39 is 17.7 Å². The highest BCUT2D eigenvalue weighted by Crippen LogP contribution is 2.44. The van der Waals surface area contributed by atoms with Crippen LogP contribution in [0.2, 0.25) is 5.02 Å². The summed E-state index contributed by atoms with van der Waals surface area (Å²) in [6.07, 6.45) is 1.95. The Kier molecular flexibility index (Phi) is 9.07. The van der Waals surface area contributed by atoms with Crippen molar-refractivity contribution in [2.75, 3.05) is 11.5 Å². The number of anilines is 1. The van der Waals surface area contributed by atoms with Gasteiger partial charge in [-0.15, -0.1) is 10.2 Å². The standard InChI is InChI=1S/C31H28ClN3O4S2/c1-3-4-16-39-24-14-12-21(13-15-24)27(36)25-26(22-6-5-7-23(32)17-22)35(29(38)28(25)37)30-33-34-31(41-30)40-18-20-10-8-19(2)9-11-20/h5-15,17,26,36H,3-4,16,18H2,1-2H3/b27-25+. The largest absolute Gasteiger partial charge is 0.507 e. The number of halogens is 1. The number of carbonyl (C=O) groups excluding carboxylic acids is 2. The number of nitrogens with zero attached hydrogens (tertiary/aromatic N) is 3. The zero-order chi connectivity index (χ0) is 28.9. The normalized spacial score (nSPS) is 16.4. The van der Waals surface area contributed by atoms with Gasteiger partial charge in [0.1, 0.15) is 11.5 Å². The van der Waals surface area contributed by atoms with Crippen LogP contribution in [0.15, 0.2) is 82.7 Å². The molecule has 0 aliphatic carbocycles. The molecule has 0 spiro atoms. The van der Waals surface area contributed by atoms with E-state index in [-0.39, 0.29) is 16.5 Å². The molecule has 1 aromatic heterocycles. The number of carbonyl (C=O) groups is 2. The fraction of sp³-hybridized carbons (Fsp3) is 0.226. The molecule has 1 aliphatic rings. The molecule has 1 saturated heterocycles. The maximum absolute atomic E-state index is 13.5. The number of ketones is 1. The molecule has 0 radical (unpaired) electrons. The van der Waals surface area contributed by atoms with Crippen LogP contribution in [0.4, 0.5) is 5.13 Å². The van der Waals surface area contributed by atoms with Crippen molar-refractivity contribution in [3.05, 3.63) is 106 Å². The predicted octanol–water partition coefficient (Wildman–Crippen LogP) is 7.60. The summed E-state index contributed by atoms with van der Waals surface area (Å²) < 4.78 is 6.38. The molecule has 2 heterocycles. The van der Waals surface area contributed by atoms with Crippen LogP contribution in [-0.4, -0.2) is 33.6 Å². The van der Waals surface area contributed by atoms with Gasteiger partial charge in [0.2, 0.25) is 5.13 Å². The van der Waals surface area contributed by atoms with Gasteiger partial charge in [-0.1, -0.05) is 90.0 Å². The lowest BCUT2D eigenvalue weighted by Gasteiger charge is -2.22. The molecule has 1 aliphatic heterocycles. The molecule has 1 N–H and O–H groups in total. The molecule has 5 rings (SSSR count). The smallest absolute Gasteiger partial charge is 0.301 e. The predicted molar refractivity (Wildman–Crippen MR) is 164 cm³/mol. The Labute approximate surface area is 251 Å². The van der Waals surface area contributed by atoms with Gasteiger partial charge < -0.3 is 9.84 Å². The number of hydrogen-bond donors (Lipinski definition) is 1. The van der Waals surface area contributed by atoms with Crippen LogP contribution in [0.25, 0.3) is 5.76 Å². The van der Waals surface area contributed by atoms with Gasteiger partial charge in [0.15, 0.2) is 4.34 Å². The van der Waals surface area contributed by atoms with E-state index in [0.717, 1.165) is 18.4 Å². The Morgan fingerprint density at radius 2 is 1.83 bits per heavy atom. The van der Waals surface area contributed by atoms with Crippen molar-refractivity contribution >= 4 is 57.3 Å². The number of amides is 1. The summed E-state index contributed by atoms with van der Waals surface area (Å²) in [6.45, 7) is 4.72. The second-order valence-corrected chi connectivity index (χ2v) is 12.2. The van der Waals surface area contributed by atoms with Gasteiger partial charge in [0.25, 0.3) is 5.78 Å². The molecule has 7 nitrogen and oxygen atoms in total. The highest BCUT2D eigenvalue weighted by molar-refractivity contribution is 8.00. The topological polar surface area (TPSA) is 92.6 Å². The lowest BCUT2D eigenvalue weighted by Crippen LogP contribution is -2.29. The van der Waals surface area contributed by atoms with E-state index in [4.69, 9.17) is 16.3 Å². The molecule has 1 fully saturated rings. The first-order valence-corrected chi connectivity index (χ1v) is 15.3. The lowest BCUT2D eigenvalue weighted by molar-refractivity contribution is -0.132. The molecule has 41 heavy (non-hydrogen) atoms. The highest BCUT2D eigenvalue weighted by atomic mass is 35.5. The number of hydrogen-bond acceptors (Lipinski definition) is 8. The molecule has 4 aromatic rings. The Balaban J connectivity index is 1.48. The van der Waals surface area contributed by atoms with Crippen LogP contribution in [0, 0.1) is 6.92 Å². The first-order valence-electron chi connectivity index (χ1n) is 13.2. The number of benzene rings is 3. The van der Waals surface area contributed by atoms with Gasteiger partial charge in [-0.3, -0.25) is 14.5 Å². The number of rotatable bonds is 10. The van der Waals surface area contributed by atoms with Gasteiger partial charge in [-0.2, -0.15) is 0 Å². The van der Waals surface area contributed by atoms with E-state index in [1.807, 2.05) is 6.92 Å². The number of aliphatic hydroxyl groups is 1. The van der Waals surface area contributed by atoms with E-state index >= 15 is 0 Å². The molecule has 3 aromatic carbocycles. The Morgan fingerprint density at radius 3 is 2.54 bits per heavy atom. The summed E-state index contributed by atoms with van der Waals surface area (Å²) in [5.74, 6) is -0.535. The molecule has 0 saturated carbocycles. The summed E-state index contributed by atoms with van der Waals surface area (Å²) >= 11 is 9.03. The minimum absolute atomic E-state index is 0.0408. The minimum atomic E-state index is -0.933. The van der Waals surface area contributed by atoms with E-state index in [9.17, 15) is 14.7 Å². The Morgan fingerprint density at radius 1 is 1.07 bits per heavy atom. The fourth-order valence-electron chi connectivity index (χ4n) is 4.41. The van der Waals surface area contributed by atoms with Crippen molar-refractivity contribution in [1.82, 2.24) is 10.2 Å².